The van der Waals surface area contributed by atoms with Crippen LogP contribution in [0.4, 0.5) is 4.39 Å². The van der Waals surface area contributed by atoms with Crippen LogP contribution < -0.4 is 4.74 Å². The minimum atomic E-state index is -0.688. The highest BCUT2D eigenvalue weighted by molar-refractivity contribution is 5.36. The van der Waals surface area contributed by atoms with Crippen LogP contribution >= 0.6 is 0 Å². The van der Waals surface area contributed by atoms with Crippen molar-refractivity contribution >= 4 is 0 Å². The van der Waals surface area contributed by atoms with Crippen molar-refractivity contribution in [3.63, 3.8) is 0 Å². The van der Waals surface area contributed by atoms with Crippen molar-refractivity contribution in [3.8, 4) is 5.75 Å². The van der Waals surface area contributed by atoms with Crippen LogP contribution in [0.1, 0.15) is 29.7 Å². The topological polar surface area (TPSA) is 29.5 Å². The molecule has 0 bridgehead atoms. The second-order valence-electron chi connectivity index (χ2n) is 4.57. The zero-order chi connectivity index (χ0) is 13.8. The van der Waals surface area contributed by atoms with Crippen molar-refractivity contribution in [3.05, 3.63) is 65.0 Å². The molecular formula is C16H17FO2. The van der Waals surface area contributed by atoms with Gasteiger partial charge in [0.1, 0.15) is 18.2 Å². The highest BCUT2D eigenvalue weighted by Crippen LogP contribution is 2.27. The molecule has 2 aromatic rings. The van der Waals surface area contributed by atoms with Crippen molar-refractivity contribution in [1.82, 2.24) is 0 Å². The summed E-state index contributed by atoms with van der Waals surface area (Å²) >= 11 is 0. The third-order valence-corrected chi connectivity index (χ3v) is 3.07. The fraction of sp³-hybridized carbons (Fsp3) is 0.250. The second kappa shape index (κ2) is 5.85. The van der Waals surface area contributed by atoms with Gasteiger partial charge in [-0.3, -0.25) is 0 Å². The van der Waals surface area contributed by atoms with Crippen LogP contribution in [0.3, 0.4) is 0 Å². The fourth-order valence-electron chi connectivity index (χ4n) is 1.91. The maximum Gasteiger partial charge on any atom is 0.128 e. The van der Waals surface area contributed by atoms with E-state index in [0.29, 0.717) is 17.9 Å². The van der Waals surface area contributed by atoms with Crippen molar-refractivity contribution in [2.45, 2.75) is 26.6 Å². The number of hydrogen-bond acceptors (Lipinski definition) is 2. The van der Waals surface area contributed by atoms with Crippen LogP contribution in [0.2, 0.25) is 0 Å². The number of aliphatic hydroxyl groups excluding tert-OH is 1. The Kier molecular flexibility index (Phi) is 4.17. The van der Waals surface area contributed by atoms with Crippen LogP contribution in [0, 0.1) is 12.7 Å². The van der Waals surface area contributed by atoms with E-state index < -0.39 is 6.10 Å². The molecule has 0 amide bonds. The summed E-state index contributed by atoms with van der Waals surface area (Å²) in [7, 11) is 0. The van der Waals surface area contributed by atoms with Crippen molar-refractivity contribution in [2.75, 3.05) is 0 Å². The molecule has 0 aliphatic carbocycles. The predicted molar refractivity (Wildman–Crippen MR) is 72.5 cm³/mol. The molecule has 0 aliphatic rings. The summed E-state index contributed by atoms with van der Waals surface area (Å²) in [4.78, 5) is 0. The molecule has 0 heterocycles. The van der Waals surface area contributed by atoms with Crippen LogP contribution in [0.5, 0.6) is 5.75 Å². The smallest absolute Gasteiger partial charge is 0.128 e. The van der Waals surface area contributed by atoms with E-state index in [9.17, 15) is 9.50 Å². The molecule has 3 heteroatoms. The van der Waals surface area contributed by atoms with Gasteiger partial charge in [0.05, 0.1) is 6.10 Å². The van der Waals surface area contributed by atoms with E-state index in [1.807, 2.05) is 31.2 Å². The first kappa shape index (κ1) is 13.6. The first-order chi connectivity index (χ1) is 9.08. The van der Waals surface area contributed by atoms with Gasteiger partial charge in [0, 0.05) is 11.6 Å². The van der Waals surface area contributed by atoms with Crippen molar-refractivity contribution < 1.29 is 14.2 Å². The first-order valence-electron chi connectivity index (χ1n) is 6.22. The average Bonchev–Trinajstić information content (AvgIpc) is 2.37. The van der Waals surface area contributed by atoms with Crippen molar-refractivity contribution in [1.29, 1.82) is 0 Å². The predicted octanol–water partition coefficient (Wildman–Crippen LogP) is 3.77. The van der Waals surface area contributed by atoms with Gasteiger partial charge in [-0.15, -0.1) is 0 Å². The molecule has 2 nitrogen and oxygen atoms in total. The summed E-state index contributed by atoms with van der Waals surface area (Å²) in [6, 6.07) is 12.0. The Balaban J connectivity index is 2.19. The molecule has 0 spiro atoms. The number of aliphatic hydroxyl groups is 1. The second-order valence-corrected chi connectivity index (χ2v) is 4.57. The molecule has 2 aromatic carbocycles. The number of benzene rings is 2. The van der Waals surface area contributed by atoms with E-state index in [1.165, 1.54) is 12.1 Å². The summed E-state index contributed by atoms with van der Waals surface area (Å²) in [6.07, 6.45) is -0.688. The SMILES string of the molecule is Cc1ccccc1COc1cc(F)ccc1[C@H](C)O. The highest BCUT2D eigenvalue weighted by Gasteiger charge is 2.11. The van der Waals surface area contributed by atoms with Gasteiger partial charge >= 0.3 is 0 Å². The van der Waals surface area contributed by atoms with E-state index in [2.05, 4.69) is 0 Å². The third kappa shape index (κ3) is 3.32. The fourth-order valence-corrected chi connectivity index (χ4v) is 1.91. The molecule has 0 unspecified atom stereocenters. The van der Waals surface area contributed by atoms with Gasteiger partial charge in [-0.2, -0.15) is 0 Å². The maximum absolute atomic E-state index is 13.3. The maximum atomic E-state index is 13.3. The van der Waals surface area contributed by atoms with E-state index in [1.54, 1.807) is 13.0 Å². The van der Waals surface area contributed by atoms with E-state index in [-0.39, 0.29) is 5.82 Å². The van der Waals surface area contributed by atoms with Crippen LogP contribution in [-0.4, -0.2) is 5.11 Å². The van der Waals surface area contributed by atoms with Crippen molar-refractivity contribution in [2.24, 2.45) is 0 Å². The van der Waals surface area contributed by atoms with E-state index in [0.717, 1.165) is 11.1 Å². The van der Waals surface area contributed by atoms with Gasteiger partial charge in [0.15, 0.2) is 0 Å². The zero-order valence-electron chi connectivity index (χ0n) is 11.1. The highest BCUT2D eigenvalue weighted by atomic mass is 19.1. The first-order valence-corrected chi connectivity index (χ1v) is 6.22. The summed E-state index contributed by atoms with van der Waals surface area (Å²) in [6.45, 7) is 3.99. The van der Waals surface area contributed by atoms with Gasteiger partial charge < -0.3 is 9.84 Å². The largest absolute Gasteiger partial charge is 0.488 e. The Morgan fingerprint density at radius 1 is 1.21 bits per heavy atom. The summed E-state index contributed by atoms with van der Waals surface area (Å²) < 4.78 is 18.9. The summed E-state index contributed by atoms with van der Waals surface area (Å²) in [5.41, 5.74) is 2.76. The van der Waals surface area contributed by atoms with Crippen LogP contribution in [0.15, 0.2) is 42.5 Å². The molecule has 0 saturated carbocycles. The van der Waals surface area contributed by atoms with Gasteiger partial charge in [-0.05, 0) is 37.1 Å². The molecule has 0 radical (unpaired) electrons. The van der Waals surface area contributed by atoms with E-state index >= 15 is 0 Å². The van der Waals surface area contributed by atoms with Gasteiger partial charge in [0.2, 0.25) is 0 Å². The number of aryl methyl sites for hydroxylation is 1. The molecule has 0 saturated heterocycles. The van der Waals surface area contributed by atoms with Gasteiger partial charge in [-0.25, -0.2) is 4.39 Å². The third-order valence-electron chi connectivity index (χ3n) is 3.07. The lowest BCUT2D eigenvalue weighted by Gasteiger charge is -2.14. The quantitative estimate of drug-likeness (QED) is 0.906. The lowest BCUT2D eigenvalue weighted by atomic mass is 10.1. The zero-order valence-corrected chi connectivity index (χ0v) is 11.1. The number of ether oxygens (including phenoxy) is 1. The molecule has 0 aliphatic heterocycles. The Morgan fingerprint density at radius 3 is 2.63 bits per heavy atom. The lowest BCUT2D eigenvalue weighted by Crippen LogP contribution is -2.02. The molecule has 100 valence electrons. The molecule has 1 N–H and O–H groups in total. The minimum Gasteiger partial charge on any atom is -0.488 e. The number of halogens is 1. The molecule has 0 fully saturated rings. The molecule has 1 atom stereocenters. The Bertz CT molecular complexity index is 564. The average molecular weight is 260 g/mol. The number of hydrogen-bond donors (Lipinski definition) is 1. The Morgan fingerprint density at radius 2 is 1.95 bits per heavy atom. The summed E-state index contributed by atoms with van der Waals surface area (Å²) in [5, 5.41) is 9.64. The van der Waals surface area contributed by atoms with Crippen LogP contribution in [0.25, 0.3) is 0 Å². The number of rotatable bonds is 4. The molecule has 2 rings (SSSR count). The monoisotopic (exact) mass is 260 g/mol. The molecule has 19 heavy (non-hydrogen) atoms. The van der Waals surface area contributed by atoms with E-state index in [4.69, 9.17) is 4.74 Å². The Labute approximate surface area is 112 Å². The summed E-state index contributed by atoms with van der Waals surface area (Å²) in [5.74, 6) is 0.0161. The standard InChI is InChI=1S/C16H17FO2/c1-11-5-3-4-6-13(11)10-19-16-9-14(17)7-8-15(16)12(2)18/h3-9,12,18H,10H2,1-2H3/t12-/m0/s1. The Hall–Kier alpha value is -1.87. The lowest BCUT2D eigenvalue weighted by molar-refractivity contribution is 0.189. The van der Waals surface area contributed by atoms with Gasteiger partial charge in [0.25, 0.3) is 0 Å². The normalized spacial score (nSPS) is 12.2. The molecular weight excluding hydrogens is 243 g/mol. The minimum absolute atomic E-state index is 0.357. The van der Waals surface area contributed by atoms with Crippen LogP contribution in [-0.2, 0) is 6.61 Å². The van der Waals surface area contributed by atoms with Gasteiger partial charge in [-0.1, -0.05) is 24.3 Å². The molecule has 0 aromatic heterocycles.